The number of carbonyl (C=O) groups is 3. The van der Waals surface area contributed by atoms with E-state index in [0.29, 0.717) is 32.0 Å². The molecule has 0 spiro atoms. The Hall–Kier alpha value is -5.50. The molecule has 55 heavy (non-hydrogen) atoms. The van der Waals surface area contributed by atoms with Crippen LogP contribution < -0.4 is 20.8 Å². The van der Waals surface area contributed by atoms with Crippen LogP contribution in [0.25, 0.3) is 11.3 Å². The summed E-state index contributed by atoms with van der Waals surface area (Å²) < 4.78 is 21.7. The van der Waals surface area contributed by atoms with E-state index >= 15 is 0 Å². The van der Waals surface area contributed by atoms with E-state index in [1.54, 1.807) is 11.2 Å². The Morgan fingerprint density at radius 1 is 0.891 bits per heavy atom. The topological polar surface area (TPSA) is 161 Å². The van der Waals surface area contributed by atoms with Gasteiger partial charge in [-0.05, 0) is 52.8 Å². The van der Waals surface area contributed by atoms with Crippen molar-refractivity contribution in [2.45, 2.75) is 71.1 Å². The predicted molar refractivity (Wildman–Crippen MR) is 207 cm³/mol. The van der Waals surface area contributed by atoms with Gasteiger partial charge in [0, 0.05) is 31.3 Å². The zero-order valence-corrected chi connectivity index (χ0v) is 31.8. The molecule has 1 fully saturated rings. The van der Waals surface area contributed by atoms with E-state index < -0.39 is 41.7 Å². The van der Waals surface area contributed by atoms with Crippen LogP contribution in [0.3, 0.4) is 0 Å². The number of ether oxygens (including phenoxy) is 4. The highest BCUT2D eigenvalue weighted by Gasteiger charge is 2.36. The quantitative estimate of drug-likeness (QED) is 0.109. The Morgan fingerprint density at radius 3 is 2.24 bits per heavy atom. The Labute approximate surface area is 322 Å². The number of pyridine rings is 1. The van der Waals surface area contributed by atoms with Crippen LogP contribution in [0.2, 0.25) is 0 Å². The fourth-order valence-electron chi connectivity index (χ4n) is 6.07. The van der Waals surface area contributed by atoms with Crippen LogP contribution in [0.15, 0.2) is 103 Å². The molecule has 0 bridgehead atoms. The molecule has 2 heterocycles. The van der Waals surface area contributed by atoms with E-state index in [4.69, 9.17) is 18.9 Å². The van der Waals surface area contributed by atoms with Gasteiger partial charge in [-0.1, -0.05) is 93.6 Å². The van der Waals surface area contributed by atoms with Crippen molar-refractivity contribution in [3.8, 4) is 17.0 Å². The third-order valence-corrected chi connectivity index (χ3v) is 9.10. The minimum Gasteiger partial charge on any atom is -0.489 e. The fourth-order valence-corrected chi connectivity index (χ4v) is 6.07. The van der Waals surface area contributed by atoms with Crippen molar-refractivity contribution >= 4 is 18.1 Å². The number of aromatic nitrogens is 1. The molecular formula is C42H51N5O8. The van der Waals surface area contributed by atoms with Crippen LogP contribution in [0.5, 0.6) is 5.75 Å². The molecule has 13 nitrogen and oxygen atoms in total. The average Bonchev–Trinajstić information content (AvgIpc) is 3.69. The van der Waals surface area contributed by atoms with Gasteiger partial charge in [-0.15, -0.1) is 0 Å². The second-order valence-electron chi connectivity index (χ2n) is 14.5. The van der Waals surface area contributed by atoms with E-state index in [-0.39, 0.29) is 25.6 Å². The first kappa shape index (κ1) is 40.7. The third kappa shape index (κ3) is 12.8. The first-order valence-corrected chi connectivity index (χ1v) is 18.4. The van der Waals surface area contributed by atoms with Crippen molar-refractivity contribution in [2.24, 2.45) is 5.41 Å². The first-order valence-electron chi connectivity index (χ1n) is 18.4. The number of hydrazine groups is 1. The molecule has 4 N–H and O–H groups in total. The molecule has 4 atom stereocenters. The Balaban J connectivity index is 1.36. The minimum absolute atomic E-state index is 0.0912. The molecule has 4 aromatic rings. The number of carbonyl (C=O) groups excluding carboxylic acids is 3. The van der Waals surface area contributed by atoms with Gasteiger partial charge in [0.2, 0.25) is 5.91 Å². The van der Waals surface area contributed by atoms with Crippen molar-refractivity contribution in [1.82, 2.24) is 26.1 Å². The van der Waals surface area contributed by atoms with E-state index in [1.165, 1.54) is 7.11 Å². The number of methoxy groups -OCH3 is 1. The molecule has 1 aromatic heterocycles. The van der Waals surface area contributed by atoms with Gasteiger partial charge < -0.3 is 34.7 Å². The van der Waals surface area contributed by atoms with Crippen LogP contribution in [-0.4, -0.2) is 84.4 Å². The number of rotatable bonds is 16. The Morgan fingerprint density at radius 2 is 1.60 bits per heavy atom. The molecular weight excluding hydrogens is 702 g/mol. The van der Waals surface area contributed by atoms with Gasteiger partial charge in [-0.25, -0.2) is 14.6 Å². The minimum atomic E-state index is -1.21. The SMILES string of the molecule is COC(=O)NC(C(=O)NC(Cc1ccc(OCc2ccccc2)cc1)C(O)CN(Cc1ccc(-c2ccccn2)cc1)NC(=O)OC1CCOC1)C(C)(C)C. The summed E-state index contributed by atoms with van der Waals surface area (Å²) >= 11 is 0. The van der Waals surface area contributed by atoms with Crippen LogP contribution in [0.1, 0.15) is 43.9 Å². The lowest BCUT2D eigenvalue weighted by atomic mass is 9.85. The van der Waals surface area contributed by atoms with E-state index in [2.05, 4.69) is 21.0 Å². The largest absolute Gasteiger partial charge is 0.489 e. The number of nitrogens with zero attached hydrogens (tertiary/aromatic N) is 2. The maximum absolute atomic E-state index is 13.9. The molecule has 4 unspecified atom stereocenters. The fraction of sp³-hybridized carbons (Fsp3) is 0.381. The molecule has 0 radical (unpaired) electrons. The first-order chi connectivity index (χ1) is 26.5. The Kier molecular flexibility index (Phi) is 14.6. The van der Waals surface area contributed by atoms with Gasteiger partial charge in [-0.2, -0.15) is 0 Å². The molecule has 3 aromatic carbocycles. The van der Waals surface area contributed by atoms with Gasteiger partial charge in [-0.3, -0.25) is 15.2 Å². The number of amides is 3. The highest BCUT2D eigenvalue weighted by atomic mass is 16.6. The number of benzene rings is 3. The standard InChI is InChI=1S/C42H51N5O8/c1-42(2,3)38(45-40(50)52-4)39(49)44-36(24-29-15-19-33(20-16-29)54-27-31-10-6-5-7-11-31)37(48)26-47(46-41(51)55-34-21-23-53-28-34)25-30-13-17-32(18-14-30)35-12-8-9-22-43-35/h5-20,22,34,36-38,48H,21,23-28H2,1-4H3,(H,44,49)(H,45,50)(H,46,51). The smallest absolute Gasteiger partial charge is 0.422 e. The molecule has 292 valence electrons. The van der Waals surface area contributed by atoms with Crippen LogP contribution >= 0.6 is 0 Å². The van der Waals surface area contributed by atoms with Crippen LogP contribution in [0.4, 0.5) is 9.59 Å². The number of nitrogens with one attached hydrogen (secondary N) is 3. The van der Waals surface area contributed by atoms with Crippen molar-refractivity contribution in [1.29, 1.82) is 0 Å². The number of hydrogen-bond acceptors (Lipinski definition) is 10. The normalized spacial score (nSPS) is 15.7. The number of hydrogen-bond donors (Lipinski definition) is 4. The number of aliphatic hydroxyl groups is 1. The monoisotopic (exact) mass is 753 g/mol. The summed E-state index contributed by atoms with van der Waals surface area (Å²) in [5.74, 6) is 0.162. The van der Waals surface area contributed by atoms with Crippen molar-refractivity contribution in [3.63, 3.8) is 0 Å². The van der Waals surface area contributed by atoms with Crippen LogP contribution in [-0.2, 0) is 38.6 Å². The molecule has 13 heteroatoms. The number of alkyl carbamates (subject to hydrolysis) is 1. The van der Waals surface area contributed by atoms with Crippen LogP contribution in [0, 0.1) is 5.41 Å². The zero-order chi connectivity index (χ0) is 39.2. The second kappa shape index (κ2) is 19.7. The molecule has 3 amide bonds. The molecule has 1 saturated heterocycles. The van der Waals surface area contributed by atoms with Gasteiger partial charge in [0.25, 0.3) is 0 Å². The zero-order valence-electron chi connectivity index (χ0n) is 31.8. The predicted octanol–water partition coefficient (Wildman–Crippen LogP) is 5.42. The van der Waals surface area contributed by atoms with E-state index in [1.807, 2.05) is 118 Å². The van der Waals surface area contributed by atoms with Crippen molar-refractivity contribution in [2.75, 3.05) is 26.9 Å². The summed E-state index contributed by atoms with van der Waals surface area (Å²) in [7, 11) is 1.23. The molecule has 5 rings (SSSR count). The summed E-state index contributed by atoms with van der Waals surface area (Å²) in [5, 5.41) is 19.1. The maximum atomic E-state index is 13.9. The third-order valence-electron chi connectivity index (χ3n) is 9.10. The molecule has 1 aliphatic rings. The lowest BCUT2D eigenvalue weighted by molar-refractivity contribution is -0.127. The summed E-state index contributed by atoms with van der Waals surface area (Å²) in [4.78, 5) is 43.7. The Bertz CT molecular complexity index is 1800. The highest BCUT2D eigenvalue weighted by Crippen LogP contribution is 2.22. The lowest BCUT2D eigenvalue weighted by Gasteiger charge is -2.34. The van der Waals surface area contributed by atoms with Gasteiger partial charge >= 0.3 is 12.2 Å². The molecule has 0 saturated carbocycles. The molecule has 0 aliphatic carbocycles. The van der Waals surface area contributed by atoms with Gasteiger partial charge in [0.1, 0.15) is 24.5 Å². The maximum Gasteiger partial charge on any atom is 0.422 e. The number of aliphatic hydroxyl groups excluding tert-OH is 1. The second-order valence-corrected chi connectivity index (χ2v) is 14.5. The summed E-state index contributed by atoms with van der Waals surface area (Å²) in [5.41, 5.74) is 6.55. The van der Waals surface area contributed by atoms with Gasteiger partial charge in [0.15, 0.2) is 0 Å². The summed E-state index contributed by atoms with van der Waals surface area (Å²) in [6, 6.07) is 28.8. The van der Waals surface area contributed by atoms with Crippen molar-refractivity contribution in [3.05, 3.63) is 120 Å². The summed E-state index contributed by atoms with van der Waals surface area (Å²) in [6.45, 7) is 6.79. The lowest BCUT2D eigenvalue weighted by Crippen LogP contribution is -2.59. The van der Waals surface area contributed by atoms with E-state index in [9.17, 15) is 19.5 Å². The summed E-state index contributed by atoms with van der Waals surface area (Å²) in [6.07, 6.45) is -0.493. The average molecular weight is 754 g/mol. The van der Waals surface area contributed by atoms with Gasteiger partial charge in [0.05, 0.1) is 38.2 Å². The molecule has 1 aliphatic heterocycles. The van der Waals surface area contributed by atoms with E-state index in [0.717, 1.165) is 27.9 Å². The highest BCUT2D eigenvalue weighted by molar-refractivity contribution is 5.86. The van der Waals surface area contributed by atoms with Crippen molar-refractivity contribution < 1.29 is 38.4 Å².